The third-order valence-electron chi connectivity index (χ3n) is 3.16. The Kier molecular flexibility index (Phi) is 5.67. The van der Waals surface area contributed by atoms with Gasteiger partial charge in [-0.05, 0) is 25.5 Å². The molecule has 1 amide bonds. The number of thioether (sulfide) groups is 1. The van der Waals surface area contributed by atoms with Crippen LogP contribution in [0.5, 0.6) is 0 Å². The van der Waals surface area contributed by atoms with Crippen LogP contribution in [0.4, 0.5) is 10.8 Å². The number of rotatable bonds is 6. The van der Waals surface area contributed by atoms with Crippen molar-refractivity contribution in [3.8, 4) is 0 Å². The van der Waals surface area contributed by atoms with Crippen LogP contribution in [0.3, 0.4) is 0 Å². The maximum absolute atomic E-state index is 12.2. The molecule has 0 saturated heterocycles. The molecule has 9 heteroatoms. The molecular weight excluding hydrogens is 336 g/mol. The minimum absolute atomic E-state index is 0.00953. The summed E-state index contributed by atoms with van der Waals surface area (Å²) in [7, 11) is 0. The SMILES string of the molecule is CCC(C)Sc1nnc(NC(=O)c2ccc([N+](=O)[O-])c(C)c2)s1. The van der Waals surface area contributed by atoms with Crippen molar-refractivity contribution in [2.75, 3.05) is 5.32 Å². The molecule has 0 fully saturated rings. The fourth-order valence-electron chi connectivity index (χ4n) is 1.73. The molecule has 122 valence electrons. The molecule has 0 aliphatic heterocycles. The zero-order valence-electron chi connectivity index (χ0n) is 12.9. The Morgan fingerprint density at radius 3 is 2.83 bits per heavy atom. The number of carbonyl (C=O) groups excluding carboxylic acids is 1. The lowest BCUT2D eigenvalue weighted by molar-refractivity contribution is -0.385. The number of amides is 1. The van der Waals surface area contributed by atoms with Crippen molar-refractivity contribution >= 4 is 39.8 Å². The summed E-state index contributed by atoms with van der Waals surface area (Å²) in [5.74, 6) is -0.362. The zero-order chi connectivity index (χ0) is 17.0. The van der Waals surface area contributed by atoms with Gasteiger partial charge in [-0.1, -0.05) is 36.9 Å². The fraction of sp³-hybridized carbons (Fsp3) is 0.357. The summed E-state index contributed by atoms with van der Waals surface area (Å²) in [4.78, 5) is 22.5. The molecule has 1 N–H and O–H groups in total. The van der Waals surface area contributed by atoms with Crippen LogP contribution in [-0.2, 0) is 0 Å². The van der Waals surface area contributed by atoms with E-state index in [-0.39, 0.29) is 11.6 Å². The normalized spacial score (nSPS) is 12.0. The first-order valence-corrected chi connectivity index (χ1v) is 8.67. The van der Waals surface area contributed by atoms with E-state index in [0.29, 0.717) is 21.5 Å². The predicted octanol–water partition coefficient (Wildman–Crippen LogP) is 3.90. The Morgan fingerprint density at radius 2 is 2.22 bits per heavy atom. The number of nitrogens with one attached hydrogen (secondary N) is 1. The standard InChI is InChI=1S/C14H16N4O3S2/c1-4-9(3)22-14-17-16-13(23-14)15-12(19)10-5-6-11(18(20)21)8(2)7-10/h5-7,9H,4H2,1-3H3,(H,15,16,19). The second kappa shape index (κ2) is 7.51. The Balaban J connectivity index is 2.07. The highest BCUT2D eigenvalue weighted by Crippen LogP contribution is 2.30. The highest BCUT2D eigenvalue weighted by molar-refractivity contribution is 8.01. The van der Waals surface area contributed by atoms with Gasteiger partial charge in [0.15, 0.2) is 4.34 Å². The van der Waals surface area contributed by atoms with Crippen molar-refractivity contribution in [1.82, 2.24) is 10.2 Å². The molecule has 1 unspecified atom stereocenters. The first-order chi connectivity index (χ1) is 10.9. The van der Waals surface area contributed by atoms with Crippen LogP contribution in [0.15, 0.2) is 22.5 Å². The molecule has 2 aromatic rings. The lowest BCUT2D eigenvalue weighted by Crippen LogP contribution is -2.12. The van der Waals surface area contributed by atoms with Crippen LogP contribution < -0.4 is 5.32 Å². The van der Waals surface area contributed by atoms with Crippen molar-refractivity contribution in [2.24, 2.45) is 0 Å². The van der Waals surface area contributed by atoms with Gasteiger partial charge in [-0.2, -0.15) is 0 Å². The molecule has 1 atom stereocenters. The third-order valence-corrected chi connectivity index (χ3v) is 5.35. The fourth-order valence-corrected chi connectivity index (χ4v) is 3.73. The Hall–Kier alpha value is -2.00. The van der Waals surface area contributed by atoms with Gasteiger partial charge in [-0.3, -0.25) is 20.2 Å². The number of nitro benzene ring substituents is 1. The van der Waals surface area contributed by atoms with Gasteiger partial charge in [0, 0.05) is 22.4 Å². The van der Waals surface area contributed by atoms with Crippen LogP contribution in [-0.4, -0.2) is 26.3 Å². The number of aryl methyl sites for hydroxylation is 1. The zero-order valence-corrected chi connectivity index (χ0v) is 14.5. The summed E-state index contributed by atoms with van der Waals surface area (Å²) >= 11 is 2.93. The van der Waals surface area contributed by atoms with Crippen LogP contribution in [0.25, 0.3) is 0 Å². The second-order valence-corrected chi connectivity index (χ2v) is 7.59. The average Bonchev–Trinajstić information content (AvgIpc) is 2.93. The number of nitrogens with zero attached hydrogens (tertiary/aromatic N) is 3. The van der Waals surface area contributed by atoms with Crippen LogP contribution in [0, 0.1) is 17.0 Å². The van der Waals surface area contributed by atoms with Gasteiger partial charge in [0.05, 0.1) is 4.92 Å². The summed E-state index contributed by atoms with van der Waals surface area (Å²) in [6.45, 7) is 5.79. The first kappa shape index (κ1) is 17.4. The van der Waals surface area contributed by atoms with Gasteiger partial charge in [-0.25, -0.2) is 0 Å². The molecule has 23 heavy (non-hydrogen) atoms. The van der Waals surface area contributed by atoms with Gasteiger partial charge in [0.25, 0.3) is 11.6 Å². The van der Waals surface area contributed by atoms with E-state index in [2.05, 4.69) is 29.4 Å². The van der Waals surface area contributed by atoms with Gasteiger partial charge in [0.2, 0.25) is 5.13 Å². The minimum atomic E-state index is -0.472. The molecule has 1 heterocycles. The molecule has 2 rings (SSSR count). The van der Waals surface area contributed by atoms with Crippen molar-refractivity contribution in [2.45, 2.75) is 36.8 Å². The number of nitro groups is 1. The predicted molar refractivity (Wildman–Crippen MR) is 91.3 cm³/mol. The second-order valence-electron chi connectivity index (χ2n) is 4.92. The monoisotopic (exact) mass is 352 g/mol. The number of hydrogen-bond donors (Lipinski definition) is 1. The molecule has 1 aromatic carbocycles. The number of benzene rings is 1. The maximum atomic E-state index is 12.2. The van der Waals surface area contributed by atoms with Crippen molar-refractivity contribution in [3.05, 3.63) is 39.4 Å². The Labute approximate surface area is 141 Å². The van der Waals surface area contributed by atoms with Gasteiger partial charge in [0.1, 0.15) is 0 Å². The summed E-state index contributed by atoms with van der Waals surface area (Å²) < 4.78 is 0.800. The Bertz CT molecular complexity index is 733. The third kappa shape index (κ3) is 4.49. The number of hydrogen-bond acceptors (Lipinski definition) is 7. The van der Waals surface area contributed by atoms with Crippen LogP contribution in [0.2, 0.25) is 0 Å². The topological polar surface area (TPSA) is 98.0 Å². The minimum Gasteiger partial charge on any atom is -0.296 e. The smallest absolute Gasteiger partial charge is 0.272 e. The number of anilines is 1. The van der Waals surface area contributed by atoms with E-state index in [1.807, 2.05) is 0 Å². The van der Waals surface area contributed by atoms with Crippen molar-refractivity contribution < 1.29 is 9.72 Å². The number of aromatic nitrogens is 2. The van der Waals surface area contributed by atoms with E-state index < -0.39 is 4.92 Å². The molecule has 1 aromatic heterocycles. The van der Waals surface area contributed by atoms with E-state index in [1.165, 1.54) is 29.5 Å². The maximum Gasteiger partial charge on any atom is 0.272 e. The molecular formula is C14H16N4O3S2. The van der Waals surface area contributed by atoms with Crippen LogP contribution >= 0.6 is 23.1 Å². The van der Waals surface area contributed by atoms with Crippen LogP contribution in [0.1, 0.15) is 36.2 Å². The van der Waals surface area contributed by atoms with E-state index in [4.69, 9.17) is 0 Å². The molecule has 0 aliphatic rings. The molecule has 0 aliphatic carbocycles. The van der Waals surface area contributed by atoms with E-state index in [0.717, 1.165) is 10.8 Å². The lowest BCUT2D eigenvalue weighted by atomic mass is 10.1. The van der Waals surface area contributed by atoms with Crippen molar-refractivity contribution in [1.29, 1.82) is 0 Å². The highest BCUT2D eigenvalue weighted by Gasteiger charge is 2.16. The quantitative estimate of drug-likeness (QED) is 0.366. The van der Waals surface area contributed by atoms with Crippen molar-refractivity contribution in [3.63, 3.8) is 0 Å². The molecule has 0 radical (unpaired) electrons. The lowest BCUT2D eigenvalue weighted by Gasteiger charge is -2.03. The summed E-state index contributed by atoms with van der Waals surface area (Å²) in [6.07, 6.45) is 1.02. The first-order valence-electron chi connectivity index (χ1n) is 6.97. The van der Waals surface area contributed by atoms with Gasteiger partial charge >= 0.3 is 0 Å². The average molecular weight is 352 g/mol. The number of carbonyl (C=O) groups is 1. The van der Waals surface area contributed by atoms with E-state index in [9.17, 15) is 14.9 Å². The molecule has 0 saturated carbocycles. The summed E-state index contributed by atoms with van der Waals surface area (Å²) in [5, 5.41) is 22.3. The molecule has 0 spiro atoms. The molecule has 7 nitrogen and oxygen atoms in total. The van der Waals surface area contributed by atoms with Gasteiger partial charge in [-0.15, -0.1) is 10.2 Å². The van der Waals surface area contributed by atoms with Gasteiger partial charge < -0.3 is 0 Å². The Morgan fingerprint density at radius 1 is 1.48 bits per heavy atom. The molecule has 0 bridgehead atoms. The van der Waals surface area contributed by atoms with E-state index in [1.54, 1.807) is 18.7 Å². The highest BCUT2D eigenvalue weighted by atomic mass is 32.2. The van der Waals surface area contributed by atoms with E-state index >= 15 is 0 Å². The summed E-state index contributed by atoms with van der Waals surface area (Å²) in [6, 6.07) is 4.24. The summed E-state index contributed by atoms with van der Waals surface area (Å²) in [5.41, 5.74) is 0.775. The largest absolute Gasteiger partial charge is 0.296 e.